The van der Waals surface area contributed by atoms with Gasteiger partial charge in [0.05, 0.1) is 11.5 Å². The molecule has 2 aromatic rings. The monoisotopic (exact) mass is 416 g/mol. The minimum absolute atomic E-state index is 0.115. The molecule has 0 saturated carbocycles. The number of hydrogen-bond donors (Lipinski definition) is 4. The van der Waals surface area contributed by atoms with E-state index in [2.05, 4.69) is 58.4 Å². The van der Waals surface area contributed by atoms with Crippen LogP contribution in [0.4, 0.5) is 0 Å². The van der Waals surface area contributed by atoms with Crippen LogP contribution in [0.2, 0.25) is 0 Å². The van der Waals surface area contributed by atoms with Gasteiger partial charge in [-0.05, 0) is 50.6 Å². The van der Waals surface area contributed by atoms with Crippen LogP contribution in [0.1, 0.15) is 38.4 Å². The number of aromatic amines is 1. The summed E-state index contributed by atoms with van der Waals surface area (Å²) >= 11 is 0. The smallest absolute Gasteiger partial charge is 0.137 e. The number of nitrogens with zero attached hydrogens (tertiary/aromatic N) is 2. The van der Waals surface area contributed by atoms with E-state index >= 15 is 0 Å². The second kappa shape index (κ2) is 9.67. The third kappa shape index (κ3) is 5.87. The standard InChI is InChI=1S/C25H32N6/c1-17(18(2)30-16-25(3,4)15-26)6-5-7-22(27)21-12-20-13-23(31-24(20)29-14-21)19-8-10-28-11-9-19/h5-8,12-14,17,28,30H,2,9-11,16,27H2,1,3-4H3,(H,29,31)/b6-5-,22-7-. The zero-order chi connectivity index (χ0) is 22.4. The van der Waals surface area contributed by atoms with Gasteiger partial charge in [0.1, 0.15) is 5.65 Å². The van der Waals surface area contributed by atoms with E-state index in [4.69, 9.17) is 11.0 Å². The molecule has 2 aromatic heterocycles. The van der Waals surface area contributed by atoms with E-state index in [1.807, 2.05) is 32.1 Å². The first-order valence-electron chi connectivity index (χ1n) is 10.7. The van der Waals surface area contributed by atoms with Crippen molar-refractivity contribution in [2.45, 2.75) is 27.2 Å². The number of nitrogens with two attached hydrogens (primary N) is 1. The summed E-state index contributed by atoms with van der Waals surface area (Å²) in [7, 11) is 0. The third-order valence-corrected chi connectivity index (χ3v) is 5.50. The molecule has 31 heavy (non-hydrogen) atoms. The second-order valence-corrected chi connectivity index (χ2v) is 8.70. The molecular formula is C25H32N6. The average molecular weight is 417 g/mol. The maximum absolute atomic E-state index is 9.12. The Balaban J connectivity index is 1.66. The minimum Gasteiger partial charge on any atom is -0.398 e. The van der Waals surface area contributed by atoms with Gasteiger partial charge >= 0.3 is 0 Å². The molecule has 0 spiro atoms. The Morgan fingerprint density at radius 2 is 2.26 bits per heavy atom. The number of rotatable bonds is 8. The van der Waals surface area contributed by atoms with Crippen LogP contribution < -0.4 is 16.4 Å². The molecule has 3 rings (SSSR count). The van der Waals surface area contributed by atoms with E-state index in [0.717, 1.165) is 47.5 Å². The van der Waals surface area contributed by atoms with Crippen LogP contribution in [0.3, 0.4) is 0 Å². The van der Waals surface area contributed by atoms with Gasteiger partial charge in [-0.2, -0.15) is 5.26 Å². The molecule has 0 saturated heterocycles. The number of hydrogen-bond acceptors (Lipinski definition) is 5. The summed E-state index contributed by atoms with van der Waals surface area (Å²) in [6.07, 6.45) is 10.9. The molecule has 1 aliphatic rings. The van der Waals surface area contributed by atoms with E-state index in [-0.39, 0.29) is 5.92 Å². The Labute approximate surface area is 184 Å². The number of aromatic nitrogens is 2. The summed E-state index contributed by atoms with van der Waals surface area (Å²) in [5.74, 6) is 0.115. The zero-order valence-corrected chi connectivity index (χ0v) is 18.6. The summed E-state index contributed by atoms with van der Waals surface area (Å²) in [6, 6.07) is 6.50. The van der Waals surface area contributed by atoms with Crippen molar-refractivity contribution in [3.63, 3.8) is 0 Å². The highest BCUT2D eigenvalue weighted by atomic mass is 14.9. The SMILES string of the molecule is C=C(NCC(C)(C)C#N)C(C)/C=C\C=C(/N)c1cnc2[nH]c(C3=CCNCC3)cc2c1. The van der Waals surface area contributed by atoms with Crippen LogP contribution in [0.5, 0.6) is 0 Å². The van der Waals surface area contributed by atoms with Gasteiger partial charge in [-0.25, -0.2) is 4.98 Å². The lowest BCUT2D eigenvalue weighted by Gasteiger charge is -2.20. The van der Waals surface area contributed by atoms with E-state index < -0.39 is 5.41 Å². The quantitative estimate of drug-likeness (QED) is 0.486. The largest absolute Gasteiger partial charge is 0.398 e. The van der Waals surface area contributed by atoms with Gasteiger partial charge in [0.2, 0.25) is 0 Å². The summed E-state index contributed by atoms with van der Waals surface area (Å²) in [4.78, 5) is 7.96. The van der Waals surface area contributed by atoms with Crippen molar-refractivity contribution in [2.75, 3.05) is 19.6 Å². The van der Waals surface area contributed by atoms with Gasteiger partial charge in [-0.3, -0.25) is 0 Å². The molecule has 162 valence electrons. The fraction of sp³-hybridized carbons (Fsp3) is 0.360. The van der Waals surface area contributed by atoms with Crippen molar-refractivity contribution >= 4 is 22.3 Å². The molecule has 0 fully saturated rings. The van der Waals surface area contributed by atoms with Gasteiger partial charge in [0.25, 0.3) is 0 Å². The van der Waals surface area contributed by atoms with Gasteiger partial charge < -0.3 is 21.4 Å². The first kappa shape index (κ1) is 22.4. The van der Waals surface area contributed by atoms with Gasteiger partial charge in [-0.15, -0.1) is 0 Å². The number of nitrogens with one attached hydrogen (secondary N) is 3. The minimum atomic E-state index is -0.426. The second-order valence-electron chi connectivity index (χ2n) is 8.70. The van der Waals surface area contributed by atoms with Gasteiger partial charge in [0, 0.05) is 53.2 Å². The Bertz CT molecular complexity index is 1080. The fourth-order valence-corrected chi connectivity index (χ4v) is 3.29. The van der Waals surface area contributed by atoms with Gasteiger partial charge in [-0.1, -0.05) is 31.7 Å². The molecule has 1 aliphatic heterocycles. The lowest BCUT2D eigenvalue weighted by atomic mass is 9.95. The van der Waals surface area contributed by atoms with Crippen molar-refractivity contribution in [1.82, 2.24) is 20.6 Å². The molecule has 6 heteroatoms. The summed E-state index contributed by atoms with van der Waals surface area (Å²) in [5.41, 5.74) is 11.6. The van der Waals surface area contributed by atoms with Crippen LogP contribution in [-0.4, -0.2) is 29.6 Å². The van der Waals surface area contributed by atoms with Crippen molar-refractivity contribution in [1.29, 1.82) is 5.26 Å². The van der Waals surface area contributed by atoms with Crippen LogP contribution in [0, 0.1) is 22.7 Å². The Morgan fingerprint density at radius 1 is 1.45 bits per heavy atom. The molecule has 0 radical (unpaired) electrons. The molecule has 5 N–H and O–H groups in total. The summed E-state index contributed by atoms with van der Waals surface area (Å²) < 4.78 is 0. The molecule has 0 amide bonds. The molecular weight excluding hydrogens is 384 g/mol. The Hall–Kier alpha value is -3.30. The molecule has 1 atom stereocenters. The third-order valence-electron chi connectivity index (χ3n) is 5.50. The number of pyridine rings is 1. The Morgan fingerprint density at radius 3 is 2.97 bits per heavy atom. The first-order chi connectivity index (χ1) is 14.8. The van der Waals surface area contributed by atoms with E-state index in [0.29, 0.717) is 12.2 Å². The van der Waals surface area contributed by atoms with Crippen molar-refractivity contribution in [2.24, 2.45) is 17.1 Å². The lowest BCUT2D eigenvalue weighted by molar-refractivity contribution is 0.460. The molecule has 0 aromatic carbocycles. The summed E-state index contributed by atoms with van der Waals surface area (Å²) in [6.45, 7) is 12.4. The van der Waals surface area contributed by atoms with Crippen molar-refractivity contribution in [3.8, 4) is 6.07 Å². The maximum atomic E-state index is 9.12. The molecule has 3 heterocycles. The van der Waals surface area contributed by atoms with E-state index in [9.17, 15) is 0 Å². The molecule has 0 bridgehead atoms. The highest BCUT2D eigenvalue weighted by Gasteiger charge is 2.17. The molecule has 1 unspecified atom stereocenters. The lowest BCUT2D eigenvalue weighted by Crippen LogP contribution is -2.29. The van der Waals surface area contributed by atoms with Crippen molar-refractivity contribution < 1.29 is 0 Å². The highest BCUT2D eigenvalue weighted by Crippen LogP contribution is 2.24. The topological polar surface area (TPSA) is 103 Å². The predicted octanol–water partition coefficient (Wildman–Crippen LogP) is 4.08. The maximum Gasteiger partial charge on any atom is 0.137 e. The zero-order valence-electron chi connectivity index (χ0n) is 18.6. The van der Waals surface area contributed by atoms with Crippen LogP contribution >= 0.6 is 0 Å². The fourth-order valence-electron chi connectivity index (χ4n) is 3.29. The van der Waals surface area contributed by atoms with Crippen LogP contribution in [-0.2, 0) is 0 Å². The number of fused-ring (bicyclic) bond motifs is 1. The predicted molar refractivity (Wildman–Crippen MR) is 129 cm³/mol. The highest BCUT2D eigenvalue weighted by molar-refractivity contribution is 5.84. The normalized spacial score (nSPS) is 16.2. The number of H-pyrrole nitrogens is 1. The number of nitriles is 1. The van der Waals surface area contributed by atoms with Gasteiger partial charge in [0.15, 0.2) is 0 Å². The summed E-state index contributed by atoms with van der Waals surface area (Å²) in [5, 5.41) is 16.8. The molecule has 6 nitrogen and oxygen atoms in total. The average Bonchev–Trinajstić information content (AvgIpc) is 3.21. The van der Waals surface area contributed by atoms with E-state index in [1.54, 1.807) is 6.20 Å². The Kier molecular flexibility index (Phi) is 6.98. The van der Waals surface area contributed by atoms with Crippen LogP contribution in [0.15, 0.2) is 54.9 Å². The van der Waals surface area contributed by atoms with Crippen LogP contribution in [0.25, 0.3) is 22.3 Å². The van der Waals surface area contributed by atoms with Crippen molar-refractivity contribution in [3.05, 3.63) is 66.2 Å². The van der Waals surface area contributed by atoms with E-state index in [1.165, 1.54) is 5.57 Å². The molecule has 0 aliphatic carbocycles. The first-order valence-corrected chi connectivity index (χ1v) is 10.7. The number of allylic oxidation sites excluding steroid dienone is 3.